The van der Waals surface area contributed by atoms with E-state index in [1.807, 2.05) is 12.1 Å². The van der Waals surface area contributed by atoms with Gasteiger partial charge in [0.1, 0.15) is 6.61 Å². The zero-order valence-corrected chi connectivity index (χ0v) is 11.6. The molecule has 1 aliphatic heterocycles. The zero-order chi connectivity index (χ0) is 13.3. The van der Waals surface area contributed by atoms with Crippen molar-refractivity contribution in [3.63, 3.8) is 0 Å². The fourth-order valence-corrected chi connectivity index (χ4v) is 2.56. The summed E-state index contributed by atoms with van der Waals surface area (Å²) in [4.78, 5) is 2.56. The Morgan fingerprint density at radius 2 is 1.58 bits per heavy atom. The quantitative estimate of drug-likeness (QED) is 0.824. The lowest BCUT2D eigenvalue weighted by Gasteiger charge is -2.24. The largest absolute Gasteiger partial charge is 0.384 e. The fraction of sp³-hybridized carbons (Fsp3) is 0.529. The van der Waals surface area contributed by atoms with Gasteiger partial charge in [-0.05, 0) is 43.6 Å². The third-order valence-electron chi connectivity index (χ3n) is 3.62. The molecule has 1 aromatic rings. The second-order valence-corrected chi connectivity index (χ2v) is 5.20. The molecule has 102 valence electrons. The molecule has 0 bridgehead atoms. The van der Waals surface area contributed by atoms with Gasteiger partial charge in [-0.1, -0.05) is 43.2 Å². The van der Waals surface area contributed by atoms with Crippen molar-refractivity contribution in [2.45, 2.75) is 38.6 Å². The minimum absolute atomic E-state index is 0.0739. The average Bonchev–Trinajstić information content (AvgIpc) is 2.41. The SMILES string of the molecule is OCC#Cc1ccc(CN2CCCCCCC2)cc1. The molecule has 2 nitrogen and oxygen atoms in total. The van der Waals surface area contributed by atoms with Crippen molar-refractivity contribution in [1.29, 1.82) is 0 Å². The van der Waals surface area contributed by atoms with Gasteiger partial charge in [-0.3, -0.25) is 4.90 Å². The molecule has 1 aromatic carbocycles. The number of nitrogens with zero attached hydrogens (tertiary/aromatic N) is 1. The highest BCUT2D eigenvalue weighted by molar-refractivity contribution is 5.36. The van der Waals surface area contributed by atoms with Crippen LogP contribution in [-0.2, 0) is 6.54 Å². The molecule has 19 heavy (non-hydrogen) atoms. The lowest BCUT2D eigenvalue weighted by molar-refractivity contribution is 0.240. The molecule has 0 aromatic heterocycles. The maximum Gasteiger partial charge on any atom is 0.104 e. The number of likely N-dealkylation sites (tertiary alicyclic amines) is 1. The van der Waals surface area contributed by atoms with Gasteiger partial charge in [-0.15, -0.1) is 0 Å². The van der Waals surface area contributed by atoms with Gasteiger partial charge in [0.25, 0.3) is 0 Å². The number of hydrogen-bond acceptors (Lipinski definition) is 2. The van der Waals surface area contributed by atoms with Gasteiger partial charge in [0, 0.05) is 12.1 Å². The first-order chi connectivity index (χ1) is 9.38. The second-order valence-electron chi connectivity index (χ2n) is 5.20. The van der Waals surface area contributed by atoms with Crippen LogP contribution in [0.25, 0.3) is 0 Å². The Balaban J connectivity index is 1.90. The van der Waals surface area contributed by atoms with E-state index in [1.165, 1.54) is 50.8 Å². The van der Waals surface area contributed by atoms with Crippen LogP contribution in [0.5, 0.6) is 0 Å². The molecule has 1 aliphatic rings. The lowest BCUT2D eigenvalue weighted by atomic mass is 10.1. The third-order valence-corrected chi connectivity index (χ3v) is 3.62. The molecular formula is C17H23NO. The molecule has 0 spiro atoms. The van der Waals surface area contributed by atoms with Crippen LogP contribution in [0, 0.1) is 11.8 Å². The standard InChI is InChI=1S/C17H23NO/c19-14-6-7-16-8-10-17(11-9-16)15-18-12-4-2-1-3-5-13-18/h8-11,19H,1-5,12-15H2. The third kappa shape index (κ3) is 5.06. The Morgan fingerprint density at radius 1 is 0.947 bits per heavy atom. The van der Waals surface area contributed by atoms with Crippen LogP contribution in [0.3, 0.4) is 0 Å². The first-order valence-corrected chi connectivity index (χ1v) is 7.29. The number of aliphatic hydroxyl groups excluding tert-OH is 1. The molecule has 0 aliphatic carbocycles. The van der Waals surface area contributed by atoms with Crippen molar-refractivity contribution in [3.8, 4) is 11.8 Å². The number of hydrogen-bond donors (Lipinski definition) is 1. The van der Waals surface area contributed by atoms with Gasteiger partial charge < -0.3 is 5.11 Å². The van der Waals surface area contributed by atoms with E-state index in [9.17, 15) is 0 Å². The molecule has 1 saturated heterocycles. The second kappa shape index (κ2) is 7.99. The Bertz CT molecular complexity index is 419. The first-order valence-electron chi connectivity index (χ1n) is 7.29. The maximum atomic E-state index is 8.67. The summed E-state index contributed by atoms with van der Waals surface area (Å²) in [6, 6.07) is 8.39. The molecule has 1 fully saturated rings. The Labute approximate surface area is 116 Å². The van der Waals surface area contributed by atoms with Crippen molar-refractivity contribution in [1.82, 2.24) is 4.90 Å². The summed E-state index contributed by atoms with van der Waals surface area (Å²) >= 11 is 0. The van der Waals surface area contributed by atoms with Crippen LogP contribution < -0.4 is 0 Å². The van der Waals surface area contributed by atoms with E-state index in [0.29, 0.717) is 0 Å². The molecular weight excluding hydrogens is 234 g/mol. The van der Waals surface area contributed by atoms with Crippen molar-refractivity contribution in [2.75, 3.05) is 19.7 Å². The molecule has 0 radical (unpaired) electrons. The highest BCUT2D eigenvalue weighted by Crippen LogP contribution is 2.13. The predicted molar refractivity (Wildman–Crippen MR) is 78.8 cm³/mol. The number of rotatable bonds is 2. The van der Waals surface area contributed by atoms with E-state index in [-0.39, 0.29) is 6.61 Å². The van der Waals surface area contributed by atoms with Gasteiger partial charge in [0.05, 0.1) is 0 Å². The number of benzene rings is 1. The van der Waals surface area contributed by atoms with Crippen LogP contribution in [0.2, 0.25) is 0 Å². The van der Waals surface area contributed by atoms with Crippen LogP contribution in [0.1, 0.15) is 43.2 Å². The molecule has 0 saturated carbocycles. The van der Waals surface area contributed by atoms with E-state index in [2.05, 4.69) is 28.9 Å². The minimum Gasteiger partial charge on any atom is -0.384 e. The van der Waals surface area contributed by atoms with Gasteiger partial charge >= 0.3 is 0 Å². The van der Waals surface area contributed by atoms with Crippen LogP contribution in [-0.4, -0.2) is 29.7 Å². The zero-order valence-electron chi connectivity index (χ0n) is 11.6. The van der Waals surface area contributed by atoms with Crippen LogP contribution >= 0.6 is 0 Å². The lowest BCUT2D eigenvalue weighted by Crippen LogP contribution is -2.26. The van der Waals surface area contributed by atoms with Gasteiger partial charge in [0.2, 0.25) is 0 Å². The predicted octanol–water partition coefficient (Wildman–Crippen LogP) is 2.80. The molecule has 2 heteroatoms. The topological polar surface area (TPSA) is 23.5 Å². The van der Waals surface area contributed by atoms with E-state index in [0.717, 1.165) is 12.1 Å². The van der Waals surface area contributed by atoms with Crippen molar-refractivity contribution in [3.05, 3.63) is 35.4 Å². The highest BCUT2D eigenvalue weighted by atomic mass is 16.2. The molecule has 1 heterocycles. The highest BCUT2D eigenvalue weighted by Gasteiger charge is 2.08. The fourth-order valence-electron chi connectivity index (χ4n) is 2.56. The summed E-state index contributed by atoms with van der Waals surface area (Å²) in [5, 5.41) is 8.67. The summed E-state index contributed by atoms with van der Waals surface area (Å²) in [5.41, 5.74) is 2.33. The van der Waals surface area contributed by atoms with Crippen LogP contribution in [0.4, 0.5) is 0 Å². The molecule has 0 amide bonds. The van der Waals surface area contributed by atoms with Crippen molar-refractivity contribution in [2.24, 2.45) is 0 Å². The Kier molecular flexibility index (Phi) is 5.94. The Morgan fingerprint density at radius 3 is 2.21 bits per heavy atom. The Hall–Kier alpha value is -1.30. The van der Waals surface area contributed by atoms with E-state index in [4.69, 9.17) is 5.11 Å². The molecule has 0 unspecified atom stereocenters. The van der Waals surface area contributed by atoms with E-state index in [1.54, 1.807) is 0 Å². The number of aliphatic hydroxyl groups is 1. The summed E-state index contributed by atoms with van der Waals surface area (Å²) in [6.07, 6.45) is 6.84. The molecule has 0 atom stereocenters. The normalized spacial score (nSPS) is 17.1. The van der Waals surface area contributed by atoms with E-state index >= 15 is 0 Å². The van der Waals surface area contributed by atoms with Crippen LogP contribution in [0.15, 0.2) is 24.3 Å². The summed E-state index contributed by atoms with van der Waals surface area (Å²) in [6.45, 7) is 3.43. The average molecular weight is 257 g/mol. The molecule has 2 rings (SSSR count). The van der Waals surface area contributed by atoms with E-state index < -0.39 is 0 Å². The van der Waals surface area contributed by atoms with Crippen molar-refractivity contribution >= 4 is 0 Å². The maximum absolute atomic E-state index is 8.67. The summed E-state index contributed by atoms with van der Waals surface area (Å²) in [7, 11) is 0. The van der Waals surface area contributed by atoms with Crippen molar-refractivity contribution < 1.29 is 5.11 Å². The first kappa shape index (κ1) is 14.1. The van der Waals surface area contributed by atoms with Gasteiger partial charge in [-0.25, -0.2) is 0 Å². The van der Waals surface area contributed by atoms with Gasteiger partial charge in [0.15, 0.2) is 0 Å². The van der Waals surface area contributed by atoms with Gasteiger partial charge in [-0.2, -0.15) is 0 Å². The minimum atomic E-state index is -0.0739. The monoisotopic (exact) mass is 257 g/mol. The smallest absolute Gasteiger partial charge is 0.104 e. The summed E-state index contributed by atoms with van der Waals surface area (Å²) < 4.78 is 0. The summed E-state index contributed by atoms with van der Waals surface area (Å²) in [5.74, 6) is 5.61. The molecule has 1 N–H and O–H groups in total.